The van der Waals surface area contributed by atoms with Gasteiger partial charge in [0, 0.05) is 39.0 Å². The lowest BCUT2D eigenvalue weighted by molar-refractivity contribution is -0.126. The number of likely N-dealkylation sites (tertiary alicyclic amines) is 1. The van der Waals surface area contributed by atoms with Crippen LogP contribution in [-0.2, 0) is 27.1 Å². The van der Waals surface area contributed by atoms with Crippen molar-refractivity contribution in [1.29, 1.82) is 0 Å². The summed E-state index contributed by atoms with van der Waals surface area (Å²) in [7, 11) is 1.69. The lowest BCUT2D eigenvalue weighted by atomic mass is 9.94. The minimum atomic E-state index is -0.729. The van der Waals surface area contributed by atoms with Gasteiger partial charge in [-0.05, 0) is 84.8 Å². The van der Waals surface area contributed by atoms with Crippen LogP contribution in [0.1, 0.15) is 84.6 Å². The number of aromatic nitrogens is 2. The molecule has 0 unspecified atom stereocenters. The largest absolute Gasteiger partial charge is 0.460 e. The molecule has 3 amide bonds. The fraction of sp³-hybridized carbons (Fsp3) is 0.381. The number of amides is 3. The van der Waals surface area contributed by atoms with E-state index in [4.69, 9.17) is 14.0 Å². The highest BCUT2D eigenvalue weighted by molar-refractivity contribution is 6.08. The van der Waals surface area contributed by atoms with Gasteiger partial charge in [0.25, 0.3) is 11.7 Å². The summed E-state index contributed by atoms with van der Waals surface area (Å²) in [5, 5.41) is 10.8. The Morgan fingerprint density at radius 2 is 1.63 bits per heavy atom. The van der Waals surface area contributed by atoms with E-state index in [2.05, 4.69) is 21.5 Å². The van der Waals surface area contributed by atoms with E-state index in [9.17, 15) is 19.2 Å². The third kappa shape index (κ3) is 8.87. The fourth-order valence-corrected chi connectivity index (χ4v) is 6.84. The first kappa shape index (κ1) is 38.0. The van der Waals surface area contributed by atoms with Crippen molar-refractivity contribution in [3.05, 3.63) is 107 Å². The van der Waals surface area contributed by atoms with Gasteiger partial charge in [0.2, 0.25) is 11.8 Å². The van der Waals surface area contributed by atoms with E-state index < -0.39 is 17.6 Å². The van der Waals surface area contributed by atoms with Gasteiger partial charge < -0.3 is 29.1 Å². The van der Waals surface area contributed by atoms with E-state index in [-0.39, 0.29) is 42.1 Å². The Labute approximate surface area is 314 Å². The first-order valence-electron chi connectivity index (χ1n) is 18.4. The van der Waals surface area contributed by atoms with Crippen LogP contribution in [0.25, 0.3) is 21.5 Å². The average molecular weight is 734 g/mol. The molecular weight excluding hydrogens is 686 g/mol. The summed E-state index contributed by atoms with van der Waals surface area (Å²) in [4.78, 5) is 60.6. The lowest BCUT2D eigenvalue weighted by Gasteiger charge is -2.33. The molecular formula is C42H47N5O7. The van der Waals surface area contributed by atoms with Gasteiger partial charge in [-0.1, -0.05) is 78.9 Å². The van der Waals surface area contributed by atoms with Gasteiger partial charge in [0.1, 0.15) is 11.6 Å². The Kier molecular flexibility index (Phi) is 11.6. The standard InChI is InChI=1S/C42H47N5O7/c1-6-52-40(50)36-44-38(54-45-36)34(26-27-15-16-28-11-7-8-13-32(28)25-27)46(5)39(49)35-30(18-17-29-12-9-10-14-33(29)35)19-22-43-37(48)31-20-23-47(24-21-31)41(51)53-42(2,3)4/h7-18,25,31,34H,6,19-24,26H2,1-5H3,(H,43,48)/t34-/m1/s1. The minimum Gasteiger partial charge on any atom is -0.460 e. The van der Waals surface area contributed by atoms with Crippen LogP contribution < -0.4 is 5.32 Å². The van der Waals surface area contributed by atoms with E-state index in [1.165, 1.54) is 0 Å². The minimum absolute atomic E-state index is 0.0751. The van der Waals surface area contributed by atoms with Crippen molar-refractivity contribution < 1.29 is 33.2 Å². The number of hydrogen-bond donors (Lipinski definition) is 1. The van der Waals surface area contributed by atoms with Crippen LogP contribution in [0.15, 0.2) is 83.4 Å². The third-order valence-corrected chi connectivity index (χ3v) is 9.66. The maximum Gasteiger partial charge on any atom is 0.410 e. The molecule has 1 aliphatic rings. The molecule has 0 radical (unpaired) electrons. The molecule has 0 aliphatic carbocycles. The SMILES string of the molecule is CCOC(=O)c1noc([C@@H](Cc2ccc3ccccc3c2)N(C)C(=O)c2c(CCNC(=O)C3CCN(C(=O)OC(C)(C)C)CC3)ccc3ccccc23)n1. The van der Waals surface area contributed by atoms with Gasteiger partial charge in [-0.15, -0.1) is 0 Å². The number of esters is 1. The first-order valence-corrected chi connectivity index (χ1v) is 18.4. The summed E-state index contributed by atoms with van der Waals surface area (Å²) in [5.74, 6) is -1.39. The van der Waals surface area contributed by atoms with Crippen LogP contribution in [0.4, 0.5) is 4.79 Å². The van der Waals surface area contributed by atoms with E-state index in [0.29, 0.717) is 50.9 Å². The average Bonchev–Trinajstić information content (AvgIpc) is 3.66. The number of likely N-dealkylation sites (N-methyl/N-ethyl adjacent to an activating group) is 1. The van der Waals surface area contributed by atoms with Crippen LogP contribution in [0, 0.1) is 5.92 Å². The Morgan fingerprint density at radius 1 is 0.944 bits per heavy atom. The molecule has 4 aromatic carbocycles. The van der Waals surface area contributed by atoms with Crippen molar-refractivity contribution in [2.75, 3.05) is 33.3 Å². The summed E-state index contributed by atoms with van der Waals surface area (Å²) in [6.07, 6.45) is 1.47. The lowest BCUT2D eigenvalue weighted by Crippen LogP contribution is -2.45. The number of hydrogen-bond acceptors (Lipinski definition) is 9. The van der Waals surface area contributed by atoms with Crippen LogP contribution in [0.2, 0.25) is 0 Å². The summed E-state index contributed by atoms with van der Waals surface area (Å²) >= 11 is 0. The number of ether oxygens (including phenoxy) is 2. The van der Waals surface area contributed by atoms with Crippen molar-refractivity contribution in [3.63, 3.8) is 0 Å². The number of fused-ring (bicyclic) bond motifs is 2. The second-order valence-electron chi connectivity index (χ2n) is 14.6. The topological polar surface area (TPSA) is 144 Å². The summed E-state index contributed by atoms with van der Waals surface area (Å²) in [6.45, 7) is 8.56. The Bertz CT molecular complexity index is 2150. The number of nitrogens with one attached hydrogen (secondary N) is 1. The number of piperidine rings is 1. The van der Waals surface area contributed by atoms with Crippen LogP contribution in [0.3, 0.4) is 0 Å². The highest BCUT2D eigenvalue weighted by Crippen LogP contribution is 2.31. The van der Waals surface area contributed by atoms with E-state index >= 15 is 0 Å². The second-order valence-corrected chi connectivity index (χ2v) is 14.6. The molecule has 0 spiro atoms. The Balaban J connectivity index is 1.22. The highest BCUT2D eigenvalue weighted by Gasteiger charge is 2.33. The smallest absolute Gasteiger partial charge is 0.410 e. The summed E-state index contributed by atoms with van der Waals surface area (Å²) < 4.78 is 16.2. The Morgan fingerprint density at radius 3 is 2.35 bits per heavy atom. The molecule has 1 aliphatic heterocycles. The number of carbonyl (C=O) groups is 4. The molecule has 12 heteroatoms. The molecule has 5 aromatic rings. The molecule has 12 nitrogen and oxygen atoms in total. The predicted octanol–water partition coefficient (Wildman–Crippen LogP) is 6.91. The van der Waals surface area contributed by atoms with Crippen LogP contribution >= 0.6 is 0 Å². The van der Waals surface area contributed by atoms with Crippen molar-refractivity contribution >= 4 is 45.4 Å². The van der Waals surface area contributed by atoms with Crippen LogP contribution in [-0.4, -0.2) is 82.7 Å². The zero-order valence-electron chi connectivity index (χ0n) is 31.5. The van der Waals surface area contributed by atoms with Gasteiger partial charge in [-0.25, -0.2) is 9.59 Å². The van der Waals surface area contributed by atoms with Crippen LogP contribution in [0.5, 0.6) is 0 Å². The van der Waals surface area contributed by atoms with Crippen molar-refractivity contribution in [3.8, 4) is 0 Å². The molecule has 0 bridgehead atoms. The van der Waals surface area contributed by atoms with Gasteiger partial charge in [0.15, 0.2) is 0 Å². The molecule has 54 heavy (non-hydrogen) atoms. The van der Waals surface area contributed by atoms with Gasteiger partial charge >= 0.3 is 12.1 Å². The highest BCUT2D eigenvalue weighted by atomic mass is 16.6. The zero-order valence-corrected chi connectivity index (χ0v) is 31.5. The van der Waals surface area contributed by atoms with Crippen molar-refractivity contribution in [2.45, 2.75) is 65.0 Å². The predicted molar refractivity (Wildman–Crippen MR) is 204 cm³/mol. The normalized spacial score (nSPS) is 14.1. The molecule has 1 N–H and O–H groups in total. The number of carbonyl (C=O) groups excluding carboxylic acids is 4. The summed E-state index contributed by atoms with van der Waals surface area (Å²) in [5.41, 5.74) is 1.63. The molecule has 1 fully saturated rings. The fourth-order valence-electron chi connectivity index (χ4n) is 6.84. The molecule has 282 valence electrons. The van der Waals surface area contributed by atoms with E-state index in [0.717, 1.165) is 32.7 Å². The molecule has 2 heterocycles. The second kappa shape index (κ2) is 16.5. The van der Waals surface area contributed by atoms with E-state index in [1.807, 2.05) is 93.6 Å². The molecule has 6 rings (SSSR count). The molecule has 1 atom stereocenters. The quantitative estimate of drug-likeness (QED) is 0.143. The third-order valence-electron chi connectivity index (χ3n) is 9.66. The number of nitrogens with zero attached hydrogens (tertiary/aromatic N) is 4. The first-order chi connectivity index (χ1) is 25.9. The monoisotopic (exact) mass is 733 g/mol. The number of rotatable bonds is 11. The van der Waals surface area contributed by atoms with Gasteiger partial charge in [-0.3, -0.25) is 9.59 Å². The molecule has 1 saturated heterocycles. The van der Waals surface area contributed by atoms with Gasteiger partial charge in [0.05, 0.1) is 12.2 Å². The van der Waals surface area contributed by atoms with Crippen molar-refractivity contribution in [2.24, 2.45) is 5.92 Å². The van der Waals surface area contributed by atoms with E-state index in [1.54, 1.807) is 23.8 Å². The maximum absolute atomic E-state index is 14.8. The maximum atomic E-state index is 14.8. The molecule has 0 saturated carbocycles. The van der Waals surface area contributed by atoms with Gasteiger partial charge in [-0.2, -0.15) is 4.98 Å². The summed E-state index contributed by atoms with van der Waals surface area (Å²) in [6, 6.07) is 25.0. The molecule has 1 aromatic heterocycles. The zero-order chi connectivity index (χ0) is 38.4. The van der Waals surface area contributed by atoms with Crippen molar-refractivity contribution in [1.82, 2.24) is 25.3 Å². The Hall–Kier alpha value is -5.78. The number of benzene rings is 4.